The van der Waals surface area contributed by atoms with Gasteiger partial charge >= 0.3 is 0 Å². The smallest absolute Gasteiger partial charge is 0.270 e. The Hall–Kier alpha value is -2.11. The van der Waals surface area contributed by atoms with E-state index < -0.39 is 0 Å². The number of nitrogens with zero attached hydrogens (tertiary/aromatic N) is 1. The molecule has 0 N–H and O–H groups in total. The zero-order valence-electron chi connectivity index (χ0n) is 13.5. The van der Waals surface area contributed by atoms with Crippen molar-refractivity contribution in [1.29, 1.82) is 0 Å². The number of carbonyl (C=O) groups is 1. The minimum atomic E-state index is -0.0860. The van der Waals surface area contributed by atoms with E-state index in [1.807, 2.05) is 54.6 Å². The summed E-state index contributed by atoms with van der Waals surface area (Å²) >= 11 is 6.73. The minimum absolute atomic E-state index is 0.0860. The first-order valence-corrected chi connectivity index (χ1v) is 8.86. The van der Waals surface area contributed by atoms with Crippen LogP contribution in [-0.4, -0.2) is 17.3 Å². The molecular weight excluding hydrogens is 338 g/mol. The van der Waals surface area contributed by atoms with Gasteiger partial charge in [0.1, 0.15) is 5.75 Å². The highest BCUT2D eigenvalue weighted by molar-refractivity contribution is 8.27. The molecule has 1 aliphatic heterocycles. The molecule has 1 aliphatic rings. The second kappa shape index (κ2) is 7.20. The maximum absolute atomic E-state index is 12.7. The number of methoxy groups -OCH3 is 1. The minimum Gasteiger partial charge on any atom is -0.497 e. The quantitative estimate of drug-likeness (QED) is 0.589. The van der Waals surface area contributed by atoms with E-state index in [4.69, 9.17) is 17.0 Å². The van der Waals surface area contributed by atoms with E-state index >= 15 is 0 Å². The van der Waals surface area contributed by atoms with Crippen molar-refractivity contribution < 1.29 is 9.53 Å². The summed E-state index contributed by atoms with van der Waals surface area (Å²) in [5.74, 6) is 0.673. The van der Waals surface area contributed by atoms with Gasteiger partial charge in [-0.2, -0.15) is 0 Å². The molecule has 1 amide bonds. The van der Waals surface area contributed by atoms with Gasteiger partial charge < -0.3 is 4.74 Å². The molecule has 0 aliphatic carbocycles. The van der Waals surface area contributed by atoms with Gasteiger partial charge in [0, 0.05) is 0 Å². The molecule has 3 nitrogen and oxygen atoms in total. The number of ether oxygens (including phenoxy) is 1. The van der Waals surface area contributed by atoms with Crippen LogP contribution in [0.25, 0.3) is 6.08 Å². The number of thiocarbonyl (C=S) groups is 1. The van der Waals surface area contributed by atoms with Crippen LogP contribution in [0, 0.1) is 0 Å². The number of hydrogen-bond donors (Lipinski definition) is 0. The predicted octanol–water partition coefficient (Wildman–Crippen LogP) is 4.66. The summed E-state index contributed by atoms with van der Waals surface area (Å²) < 4.78 is 5.78. The Bertz CT molecular complexity index is 812. The molecule has 24 heavy (non-hydrogen) atoms. The Labute approximate surface area is 151 Å². The van der Waals surface area contributed by atoms with Crippen molar-refractivity contribution in [2.45, 2.75) is 13.3 Å². The van der Waals surface area contributed by atoms with Crippen molar-refractivity contribution in [3.05, 3.63) is 64.6 Å². The number of benzene rings is 2. The second-order valence-electron chi connectivity index (χ2n) is 5.31. The number of aryl methyl sites for hydroxylation is 1. The molecule has 1 heterocycles. The van der Waals surface area contributed by atoms with E-state index in [0.29, 0.717) is 9.23 Å². The maximum atomic E-state index is 12.7. The largest absolute Gasteiger partial charge is 0.497 e. The van der Waals surface area contributed by atoms with Crippen LogP contribution in [0.1, 0.15) is 18.1 Å². The molecule has 5 heteroatoms. The van der Waals surface area contributed by atoms with Crippen LogP contribution in [0.3, 0.4) is 0 Å². The van der Waals surface area contributed by atoms with Gasteiger partial charge in [0.15, 0.2) is 4.32 Å². The fourth-order valence-corrected chi connectivity index (χ4v) is 3.75. The van der Waals surface area contributed by atoms with Gasteiger partial charge in [-0.1, -0.05) is 55.2 Å². The van der Waals surface area contributed by atoms with Crippen LogP contribution in [0.5, 0.6) is 5.75 Å². The van der Waals surface area contributed by atoms with Gasteiger partial charge in [-0.15, -0.1) is 0 Å². The van der Waals surface area contributed by atoms with Crippen molar-refractivity contribution in [2.75, 3.05) is 12.0 Å². The van der Waals surface area contributed by atoms with Gasteiger partial charge in [-0.05, 0) is 47.9 Å². The Balaban J connectivity index is 1.89. The average Bonchev–Trinajstić information content (AvgIpc) is 2.89. The van der Waals surface area contributed by atoms with Gasteiger partial charge in [0.05, 0.1) is 17.7 Å². The first-order chi connectivity index (χ1) is 11.6. The molecule has 1 fully saturated rings. The normalized spacial score (nSPS) is 16.1. The second-order valence-corrected chi connectivity index (χ2v) is 6.99. The van der Waals surface area contributed by atoms with E-state index in [1.165, 1.54) is 17.3 Å². The van der Waals surface area contributed by atoms with E-state index in [9.17, 15) is 4.79 Å². The third kappa shape index (κ3) is 3.37. The summed E-state index contributed by atoms with van der Waals surface area (Å²) in [6.45, 7) is 2.10. The number of hydrogen-bond acceptors (Lipinski definition) is 4. The third-order valence-corrected chi connectivity index (χ3v) is 5.09. The molecule has 0 atom stereocenters. The maximum Gasteiger partial charge on any atom is 0.270 e. The van der Waals surface area contributed by atoms with Crippen molar-refractivity contribution in [3.63, 3.8) is 0 Å². The highest BCUT2D eigenvalue weighted by Crippen LogP contribution is 2.36. The van der Waals surface area contributed by atoms with Crippen molar-refractivity contribution in [1.82, 2.24) is 0 Å². The number of anilines is 1. The molecule has 0 radical (unpaired) electrons. The monoisotopic (exact) mass is 355 g/mol. The lowest BCUT2D eigenvalue weighted by molar-refractivity contribution is -0.113. The Kier molecular flexibility index (Phi) is 5.02. The van der Waals surface area contributed by atoms with Crippen LogP contribution in [0.2, 0.25) is 0 Å². The first kappa shape index (κ1) is 16.7. The van der Waals surface area contributed by atoms with Crippen LogP contribution < -0.4 is 9.64 Å². The molecule has 122 valence electrons. The number of rotatable bonds is 4. The molecule has 2 aromatic rings. The molecule has 1 saturated heterocycles. The fourth-order valence-electron chi connectivity index (χ4n) is 2.45. The van der Waals surface area contributed by atoms with Gasteiger partial charge in [0.25, 0.3) is 5.91 Å². The summed E-state index contributed by atoms with van der Waals surface area (Å²) in [7, 11) is 1.62. The van der Waals surface area contributed by atoms with Crippen LogP contribution in [0.4, 0.5) is 5.69 Å². The van der Waals surface area contributed by atoms with E-state index in [2.05, 4.69) is 6.92 Å². The lowest BCUT2D eigenvalue weighted by atomic mass is 10.1. The van der Waals surface area contributed by atoms with E-state index in [1.54, 1.807) is 12.0 Å². The fraction of sp³-hybridized carbons (Fsp3) is 0.158. The highest BCUT2D eigenvalue weighted by atomic mass is 32.2. The Morgan fingerprint density at radius 2 is 1.96 bits per heavy atom. The summed E-state index contributed by atoms with van der Waals surface area (Å²) in [5.41, 5.74) is 2.95. The SMILES string of the molecule is CCc1ccc(N2C(=O)C(=Cc3cccc(OC)c3)SC2=S)cc1. The molecule has 0 bridgehead atoms. The van der Waals surface area contributed by atoms with Gasteiger partial charge in [0.2, 0.25) is 0 Å². The molecule has 2 aromatic carbocycles. The Morgan fingerprint density at radius 3 is 2.62 bits per heavy atom. The third-order valence-electron chi connectivity index (χ3n) is 3.79. The molecule has 0 unspecified atom stereocenters. The molecular formula is C19H17NO2S2. The molecule has 0 saturated carbocycles. The summed E-state index contributed by atoms with van der Waals surface area (Å²) in [6.07, 6.45) is 2.82. The Morgan fingerprint density at radius 1 is 1.21 bits per heavy atom. The first-order valence-electron chi connectivity index (χ1n) is 7.63. The van der Waals surface area contributed by atoms with E-state index in [-0.39, 0.29) is 5.91 Å². The number of carbonyl (C=O) groups excluding carboxylic acids is 1. The van der Waals surface area contributed by atoms with Crippen LogP contribution >= 0.6 is 24.0 Å². The average molecular weight is 355 g/mol. The summed E-state index contributed by atoms with van der Waals surface area (Å²) in [5, 5.41) is 0. The van der Waals surface area contributed by atoms with Crippen molar-refractivity contribution in [2.24, 2.45) is 0 Å². The number of thioether (sulfide) groups is 1. The zero-order chi connectivity index (χ0) is 17.1. The molecule has 3 rings (SSSR count). The van der Waals surface area contributed by atoms with Gasteiger partial charge in [-0.25, -0.2) is 0 Å². The topological polar surface area (TPSA) is 29.5 Å². The zero-order valence-corrected chi connectivity index (χ0v) is 15.1. The predicted molar refractivity (Wildman–Crippen MR) is 104 cm³/mol. The van der Waals surface area contributed by atoms with Gasteiger partial charge in [-0.3, -0.25) is 9.69 Å². The van der Waals surface area contributed by atoms with Crippen molar-refractivity contribution >= 4 is 46.0 Å². The van der Waals surface area contributed by atoms with Crippen molar-refractivity contribution in [3.8, 4) is 5.75 Å². The lowest BCUT2D eigenvalue weighted by Gasteiger charge is -2.14. The van der Waals surface area contributed by atoms with Crippen LogP contribution in [0.15, 0.2) is 53.4 Å². The lowest BCUT2D eigenvalue weighted by Crippen LogP contribution is -2.27. The molecule has 0 aromatic heterocycles. The van der Waals surface area contributed by atoms with E-state index in [0.717, 1.165) is 23.4 Å². The molecule has 0 spiro atoms. The number of amides is 1. The summed E-state index contributed by atoms with van der Waals surface area (Å²) in [6, 6.07) is 15.5. The summed E-state index contributed by atoms with van der Waals surface area (Å²) in [4.78, 5) is 15.0. The highest BCUT2D eigenvalue weighted by Gasteiger charge is 2.33. The standard InChI is InChI=1S/C19H17NO2S2/c1-3-13-7-9-15(10-8-13)20-18(21)17(24-19(20)23)12-14-5-4-6-16(11-14)22-2/h4-12H,3H2,1-2H3. The van der Waals surface area contributed by atoms with Crippen LogP contribution in [-0.2, 0) is 11.2 Å².